The van der Waals surface area contributed by atoms with Gasteiger partial charge in [0.15, 0.2) is 0 Å². The number of thiophene rings is 2. The highest BCUT2D eigenvalue weighted by atomic mass is 32.1. The van der Waals surface area contributed by atoms with Gasteiger partial charge in [-0.15, -0.1) is 22.7 Å². The Kier molecular flexibility index (Phi) is 6.06. The fourth-order valence-corrected chi connectivity index (χ4v) is 5.40. The molecule has 2 amide bonds. The number of amides is 2. The van der Waals surface area contributed by atoms with E-state index in [9.17, 15) is 14.4 Å². The maximum Gasteiger partial charge on any atom is 0.263 e. The summed E-state index contributed by atoms with van der Waals surface area (Å²) in [7, 11) is 0. The van der Waals surface area contributed by atoms with Crippen molar-refractivity contribution in [2.24, 2.45) is 0 Å². The Balaban J connectivity index is 1.36. The van der Waals surface area contributed by atoms with Gasteiger partial charge in [0.2, 0.25) is 11.8 Å². The third-order valence-corrected chi connectivity index (χ3v) is 7.31. The Morgan fingerprint density at radius 2 is 1.94 bits per heavy atom. The third kappa shape index (κ3) is 4.89. The smallest absolute Gasteiger partial charge is 0.263 e. The third-order valence-electron chi connectivity index (χ3n) is 5.52. The number of hydrogen-bond acceptors (Lipinski definition) is 6. The number of carbonyl (C=O) groups is 2. The average Bonchev–Trinajstić information content (AvgIpc) is 3.28. The van der Waals surface area contributed by atoms with E-state index in [1.165, 1.54) is 22.2 Å². The minimum atomic E-state index is -0.712. The van der Waals surface area contributed by atoms with Crippen molar-refractivity contribution in [3.63, 3.8) is 0 Å². The van der Waals surface area contributed by atoms with Crippen LogP contribution >= 0.6 is 22.7 Å². The second-order valence-corrected chi connectivity index (χ2v) is 9.88. The van der Waals surface area contributed by atoms with Gasteiger partial charge in [-0.2, -0.15) is 0 Å². The van der Waals surface area contributed by atoms with Crippen LogP contribution in [0.5, 0.6) is 0 Å². The van der Waals surface area contributed by atoms with E-state index in [0.717, 1.165) is 28.8 Å². The summed E-state index contributed by atoms with van der Waals surface area (Å²) in [6.07, 6.45) is 3.71. The Morgan fingerprint density at radius 3 is 2.67 bits per heavy atom. The van der Waals surface area contributed by atoms with Crippen LogP contribution in [0.4, 0.5) is 0 Å². The van der Waals surface area contributed by atoms with Crippen LogP contribution in [-0.4, -0.2) is 33.4 Å². The van der Waals surface area contributed by atoms with Crippen LogP contribution < -0.4 is 16.2 Å². The lowest BCUT2D eigenvalue weighted by atomic mass is 10.1. The molecule has 33 heavy (non-hydrogen) atoms. The molecule has 9 heteroatoms. The summed E-state index contributed by atoms with van der Waals surface area (Å²) in [6.45, 7) is -0.205. The van der Waals surface area contributed by atoms with E-state index in [1.807, 2.05) is 53.2 Å². The van der Waals surface area contributed by atoms with Crippen molar-refractivity contribution < 1.29 is 9.59 Å². The fourth-order valence-electron chi connectivity index (χ4n) is 3.68. The number of carbonyl (C=O) groups excluding carboxylic acids is 2. The molecule has 0 radical (unpaired) electrons. The molecule has 1 saturated carbocycles. The number of fused-ring (bicyclic) bond motifs is 1. The summed E-state index contributed by atoms with van der Waals surface area (Å²) in [5, 5.41) is 10.2. The van der Waals surface area contributed by atoms with Crippen LogP contribution in [-0.2, 0) is 22.6 Å². The van der Waals surface area contributed by atoms with E-state index in [4.69, 9.17) is 0 Å². The van der Waals surface area contributed by atoms with Gasteiger partial charge in [0.25, 0.3) is 5.56 Å². The lowest BCUT2D eigenvalue weighted by Crippen LogP contribution is -2.49. The van der Waals surface area contributed by atoms with E-state index in [1.54, 1.807) is 11.3 Å². The normalized spacial score (nSPS) is 14.2. The number of nitrogens with one attached hydrogen (secondary N) is 2. The van der Waals surface area contributed by atoms with Gasteiger partial charge in [-0.05, 0) is 29.9 Å². The lowest BCUT2D eigenvalue weighted by molar-refractivity contribution is -0.129. The molecular weight excluding hydrogens is 456 g/mol. The van der Waals surface area contributed by atoms with Crippen molar-refractivity contribution >= 4 is 44.7 Å². The summed E-state index contributed by atoms with van der Waals surface area (Å²) in [6, 6.07) is 12.9. The molecule has 3 heterocycles. The highest BCUT2D eigenvalue weighted by Gasteiger charge is 2.28. The summed E-state index contributed by atoms with van der Waals surface area (Å²) in [5.41, 5.74) is 1.53. The lowest BCUT2D eigenvalue weighted by Gasteiger charge is -2.19. The van der Waals surface area contributed by atoms with Crippen molar-refractivity contribution in [2.45, 2.75) is 37.9 Å². The summed E-state index contributed by atoms with van der Waals surface area (Å²) >= 11 is 2.96. The van der Waals surface area contributed by atoms with Gasteiger partial charge < -0.3 is 10.6 Å². The maximum atomic E-state index is 13.2. The summed E-state index contributed by atoms with van der Waals surface area (Å²) in [5.74, 6) is -0.605. The first-order chi connectivity index (χ1) is 16.1. The molecule has 0 aliphatic heterocycles. The van der Waals surface area contributed by atoms with Gasteiger partial charge in [-0.3, -0.25) is 19.0 Å². The molecule has 0 saturated heterocycles. The van der Waals surface area contributed by atoms with E-state index in [-0.39, 0.29) is 24.1 Å². The van der Waals surface area contributed by atoms with E-state index >= 15 is 0 Å². The minimum absolute atomic E-state index is 0.191. The van der Waals surface area contributed by atoms with Crippen molar-refractivity contribution in [3.8, 4) is 10.4 Å². The summed E-state index contributed by atoms with van der Waals surface area (Å²) in [4.78, 5) is 44.8. The molecule has 0 spiro atoms. The quantitative estimate of drug-likeness (QED) is 0.407. The van der Waals surface area contributed by atoms with Crippen molar-refractivity contribution in [3.05, 3.63) is 75.5 Å². The molecule has 4 aromatic rings. The number of aromatic nitrogens is 2. The highest BCUT2D eigenvalue weighted by molar-refractivity contribution is 7.18. The molecule has 0 bridgehead atoms. The van der Waals surface area contributed by atoms with E-state index < -0.39 is 11.9 Å². The zero-order valence-electron chi connectivity index (χ0n) is 17.7. The molecule has 1 unspecified atom stereocenters. The molecule has 1 aromatic carbocycles. The fraction of sp³-hybridized carbons (Fsp3) is 0.250. The second kappa shape index (κ2) is 9.29. The largest absolute Gasteiger partial charge is 0.352 e. The van der Waals surface area contributed by atoms with Crippen molar-refractivity contribution in [1.82, 2.24) is 20.2 Å². The standard InChI is InChI=1S/C24H22N4O3S2/c29-20(27-18(22(30)26-16-8-9-16)11-15-5-2-1-3-6-15)12-28-14-25-23-21(24(28)31)17(13-33-23)19-7-4-10-32-19/h1-7,10,13-14,16,18H,8-9,11-12H2,(H,26,30)(H,27,29). The van der Waals surface area contributed by atoms with Crippen molar-refractivity contribution in [1.29, 1.82) is 0 Å². The zero-order valence-corrected chi connectivity index (χ0v) is 19.3. The molecule has 1 aliphatic rings. The first-order valence-electron chi connectivity index (χ1n) is 10.7. The molecule has 1 fully saturated rings. The predicted octanol–water partition coefficient (Wildman–Crippen LogP) is 3.19. The van der Waals surface area contributed by atoms with Crippen LogP contribution in [0.3, 0.4) is 0 Å². The van der Waals surface area contributed by atoms with Gasteiger partial charge >= 0.3 is 0 Å². The van der Waals surface area contributed by atoms with Gasteiger partial charge in [-0.1, -0.05) is 36.4 Å². The molecule has 2 N–H and O–H groups in total. The van der Waals surface area contributed by atoms with Crippen LogP contribution in [0.2, 0.25) is 0 Å². The average molecular weight is 479 g/mol. The van der Waals surface area contributed by atoms with Gasteiger partial charge in [0.1, 0.15) is 17.4 Å². The number of benzene rings is 1. The molecule has 1 atom stereocenters. The first-order valence-corrected chi connectivity index (χ1v) is 12.5. The van der Waals surface area contributed by atoms with Crippen molar-refractivity contribution in [2.75, 3.05) is 0 Å². The number of nitrogens with zero attached hydrogens (tertiary/aromatic N) is 2. The Hall–Kier alpha value is -3.30. The first kappa shape index (κ1) is 21.5. The van der Waals surface area contributed by atoms with Gasteiger partial charge in [0, 0.05) is 28.3 Å². The topological polar surface area (TPSA) is 93.1 Å². The molecule has 7 nitrogen and oxygen atoms in total. The van der Waals surface area contributed by atoms with Crippen LogP contribution in [0, 0.1) is 0 Å². The van der Waals surface area contributed by atoms with E-state index in [0.29, 0.717) is 16.6 Å². The summed E-state index contributed by atoms with van der Waals surface area (Å²) < 4.78 is 1.31. The minimum Gasteiger partial charge on any atom is -0.352 e. The highest BCUT2D eigenvalue weighted by Crippen LogP contribution is 2.33. The Bertz CT molecular complexity index is 1340. The molecule has 168 valence electrons. The predicted molar refractivity (Wildman–Crippen MR) is 130 cm³/mol. The van der Waals surface area contributed by atoms with Gasteiger partial charge in [0.05, 0.1) is 11.7 Å². The molecule has 1 aliphatic carbocycles. The Morgan fingerprint density at radius 1 is 1.12 bits per heavy atom. The van der Waals surface area contributed by atoms with Crippen LogP contribution in [0.15, 0.2) is 64.3 Å². The zero-order chi connectivity index (χ0) is 22.8. The SMILES string of the molecule is O=C(Cn1cnc2scc(-c3cccs3)c2c1=O)NC(Cc1ccccc1)C(=O)NC1CC1. The maximum absolute atomic E-state index is 13.2. The Labute approximate surface area is 198 Å². The van der Waals surface area contributed by atoms with Crippen LogP contribution in [0.25, 0.3) is 20.7 Å². The van der Waals surface area contributed by atoms with Crippen LogP contribution in [0.1, 0.15) is 18.4 Å². The molecule has 5 rings (SSSR count). The van der Waals surface area contributed by atoms with Gasteiger partial charge in [-0.25, -0.2) is 4.98 Å². The van der Waals surface area contributed by atoms with E-state index in [2.05, 4.69) is 15.6 Å². The second-order valence-electron chi connectivity index (χ2n) is 8.08. The monoisotopic (exact) mass is 478 g/mol. The molecular formula is C24H22N4O3S2. The molecule has 3 aromatic heterocycles. The number of hydrogen-bond donors (Lipinski definition) is 2. The number of rotatable bonds is 8.